The standard InChI is InChI=1S/C12H8FNO4S/c13-19(17,18)12-6-4-9(5-7-12)10-2-1-3-11(8-10)14(15)16/h1-8H. The third-order valence-corrected chi connectivity index (χ3v) is 3.36. The average molecular weight is 281 g/mol. The summed E-state index contributed by atoms with van der Waals surface area (Å²) >= 11 is 0. The molecule has 0 heterocycles. The molecule has 0 N–H and O–H groups in total. The van der Waals surface area contributed by atoms with Gasteiger partial charge < -0.3 is 0 Å². The van der Waals surface area contributed by atoms with E-state index in [-0.39, 0.29) is 5.69 Å². The maximum absolute atomic E-state index is 12.7. The summed E-state index contributed by atoms with van der Waals surface area (Å²) in [6.07, 6.45) is 0. The van der Waals surface area contributed by atoms with E-state index in [2.05, 4.69) is 0 Å². The van der Waals surface area contributed by atoms with Crippen molar-refractivity contribution in [3.8, 4) is 11.1 Å². The van der Waals surface area contributed by atoms with E-state index in [1.54, 1.807) is 6.07 Å². The van der Waals surface area contributed by atoms with Gasteiger partial charge in [0.1, 0.15) is 0 Å². The zero-order valence-corrected chi connectivity index (χ0v) is 10.3. The highest BCUT2D eigenvalue weighted by molar-refractivity contribution is 7.86. The number of hydrogen-bond donors (Lipinski definition) is 0. The normalized spacial score (nSPS) is 11.2. The summed E-state index contributed by atoms with van der Waals surface area (Å²) in [5, 5.41) is 10.6. The van der Waals surface area contributed by atoms with Crippen molar-refractivity contribution in [2.75, 3.05) is 0 Å². The lowest BCUT2D eigenvalue weighted by Gasteiger charge is -2.02. The molecular formula is C12H8FNO4S. The van der Waals surface area contributed by atoms with Crippen LogP contribution in [0.3, 0.4) is 0 Å². The van der Waals surface area contributed by atoms with Crippen LogP contribution in [0, 0.1) is 10.1 Å². The first-order valence-electron chi connectivity index (χ1n) is 5.17. The zero-order chi connectivity index (χ0) is 14.0. The van der Waals surface area contributed by atoms with Gasteiger partial charge in [-0.05, 0) is 23.3 Å². The van der Waals surface area contributed by atoms with Crippen molar-refractivity contribution < 1.29 is 17.2 Å². The number of non-ortho nitro benzene ring substituents is 1. The number of nitro groups is 1. The van der Waals surface area contributed by atoms with E-state index in [0.29, 0.717) is 11.1 Å². The van der Waals surface area contributed by atoms with Crippen molar-refractivity contribution >= 4 is 15.9 Å². The number of halogens is 1. The molecule has 0 aliphatic heterocycles. The van der Waals surface area contributed by atoms with Gasteiger partial charge in [0.05, 0.1) is 9.82 Å². The van der Waals surface area contributed by atoms with Crippen molar-refractivity contribution in [1.82, 2.24) is 0 Å². The fourth-order valence-corrected chi connectivity index (χ4v) is 2.07. The second-order valence-electron chi connectivity index (χ2n) is 3.77. The van der Waals surface area contributed by atoms with Crippen LogP contribution in [0.2, 0.25) is 0 Å². The summed E-state index contributed by atoms with van der Waals surface area (Å²) in [7, 11) is -4.73. The Morgan fingerprint density at radius 3 is 2.16 bits per heavy atom. The molecule has 0 fully saturated rings. The third-order valence-electron chi connectivity index (χ3n) is 2.53. The molecule has 0 atom stereocenters. The summed E-state index contributed by atoms with van der Waals surface area (Å²) in [5.74, 6) is 0. The van der Waals surface area contributed by atoms with Crippen LogP contribution in [0.15, 0.2) is 53.4 Å². The molecule has 0 aromatic heterocycles. The van der Waals surface area contributed by atoms with Gasteiger partial charge in [0.25, 0.3) is 5.69 Å². The zero-order valence-electron chi connectivity index (χ0n) is 9.49. The first-order valence-corrected chi connectivity index (χ1v) is 6.56. The molecule has 0 amide bonds. The van der Waals surface area contributed by atoms with Gasteiger partial charge in [0, 0.05) is 12.1 Å². The molecule has 98 valence electrons. The van der Waals surface area contributed by atoms with Crippen LogP contribution >= 0.6 is 0 Å². The average Bonchev–Trinajstić information content (AvgIpc) is 2.38. The first-order chi connectivity index (χ1) is 8.88. The Balaban J connectivity index is 2.43. The minimum absolute atomic E-state index is 0.0697. The largest absolute Gasteiger partial charge is 0.332 e. The smallest absolute Gasteiger partial charge is 0.258 e. The molecule has 7 heteroatoms. The van der Waals surface area contributed by atoms with Crippen molar-refractivity contribution in [3.05, 3.63) is 58.6 Å². The molecule has 0 saturated heterocycles. The van der Waals surface area contributed by atoms with Gasteiger partial charge in [-0.25, -0.2) is 0 Å². The number of hydrogen-bond acceptors (Lipinski definition) is 4. The molecule has 2 rings (SSSR count). The van der Waals surface area contributed by atoms with E-state index in [9.17, 15) is 22.4 Å². The fourth-order valence-electron chi connectivity index (χ4n) is 1.61. The van der Waals surface area contributed by atoms with Gasteiger partial charge in [-0.15, -0.1) is 3.89 Å². The van der Waals surface area contributed by atoms with Crippen molar-refractivity contribution in [1.29, 1.82) is 0 Å². The Kier molecular flexibility index (Phi) is 3.30. The predicted octanol–water partition coefficient (Wildman–Crippen LogP) is 2.92. The molecule has 0 aliphatic rings. The van der Waals surface area contributed by atoms with Crippen LogP contribution in [-0.2, 0) is 10.2 Å². The van der Waals surface area contributed by atoms with Gasteiger partial charge in [-0.2, -0.15) is 8.42 Å². The van der Waals surface area contributed by atoms with E-state index in [0.717, 1.165) is 12.1 Å². The van der Waals surface area contributed by atoms with E-state index in [4.69, 9.17) is 0 Å². The topological polar surface area (TPSA) is 77.3 Å². The van der Waals surface area contributed by atoms with Gasteiger partial charge in [-0.1, -0.05) is 24.3 Å². The molecule has 0 aliphatic carbocycles. The minimum Gasteiger partial charge on any atom is -0.258 e. The van der Waals surface area contributed by atoms with Gasteiger partial charge in [0.15, 0.2) is 0 Å². The van der Waals surface area contributed by atoms with E-state index in [1.165, 1.54) is 30.3 Å². The summed E-state index contributed by atoms with van der Waals surface area (Å²) in [6, 6.07) is 10.9. The molecule has 0 bridgehead atoms. The highest BCUT2D eigenvalue weighted by Gasteiger charge is 2.12. The predicted molar refractivity (Wildman–Crippen MR) is 66.8 cm³/mol. The molecule has 2 aromatic carbocycles. The molecule has 0 radical (unpaired) electrons. The monoisotopic (exact) mass is 281 g/mol. The molecule has 0 saturated carbocycles. The maximum atomic E-state index is 12.7. The van der Waals surface area contributed by atoms with Crippen molar-refractivity contribution in [3.63, 3.8) is 0 Å². The van der Waals surface area contributed by atoms with E-state index < -0.39 is 20.0 Å². The van der Waals surface area contributed by atoms with Crippen molar-refractivity contribution in [2.45, 2.75) is 4.90 Å². The molecule has 0 unspecified atom stereocenters. The van der Waals surface area contributed by atoms with E-state index >= 15 is 0 Å². The number of benzene rings is 2. The van der Waals surface area contributed by atoms with Crippen LogP contribution < -0.4 is 0 Å². The van der Waals surface area contributed by atoms with Crippen LogP contribution in [0.25, 0.3) is 11.1 Å². The Labute approximate surface area is 108 Å². The molecular weight excluding hydrogens is 273 g/mol. The van der Waals surface area contributed by atoms with Gasteiger partial charge in [0.2, 0.25) is 0 Å². The SMILES string of the molecule is O=[N+]([O-])c1cccc(-c2ccc(S(=O)(=O)F)cc2)c1. The highest BCUT2D eigenvalue weighted by atomic mass is 32.3. The van der Waals surface area contributed by atoms with E-state index in [1.807, 2.05) is 0 Å². The van der Waals surface area contributed by atoms with Crippen LogP contribution in [-0.4, -0.2) is 13.3 Å². The van der Waals surface area contributed by atoms with Gasteiger partial charge >= 0.3 is 10.2 Å². The quantitative estimate of drug-likeness (QED) is 0.492. The van der Waals surface area contributed by atoms with Crippen molar-refractivity contribution in [2.24, 2.45) is 0 Å². The van der Waals surface area contributed by atoms with Gasteiger partial charge in [-0.3, -0.25) is 10.1 Å². The summed E-state index contributed by atoms with van der Waals surface area (Å²) in [4.78, 5) is 9.68. The molecule has 2 aromatic rings. The minimum atomic E-state index is -4.73. The Bertz CT molecular complexity index is 726. The lowest BCUT2D eigenvalue weighted by Crippen LogP contribution is -1.91. The number of rotatable bonds is 3. The Morgan fingerprint density at radius 1 is 1.00 bits per heavy atom. The number of nitrogens with zero attached hydrogens (tertiary/aromatic N) is 1. The summed E-state index contributed by atoms with van der Waals surface area (Å²) in [6.45, 7) is 0. The lowest BCUT2D eigenvalue weighted by atomic mass is 10.1. The number of nitro benzene ring substituents is 1. The third kappa shape index (κ3) is 2.94. The van der Waals surface area contributed by atoms with Crippen LogP contribution in [0.5, 0.6) is 0 Å². The molecule has 5 nitrogen and oxygen atoms in total. The second kappa shape index (κ2) is 4.77. The molecule has 19 heavy (non-hydrogen) atoms. The maximum Gasteiger partial charge on any atom is 0.332 e. The Morgan fingerprint density at radius 2 is 1.63 bits per heavy atom. The molecule has 0 spiro atoms. The lowest BCUT2D eigenvalue weighted by molar-refractivity contribution is -0.384. The summed E-state index contributed by atoms with van der Waals surface area (Å²) in [5.41, 5.74) is 1.05. The first kappa shape index (κ1) is 13.2. The van der Waals surface area contributed by atoms with Crippen LogP contribution in [0.1, 0.15) is 0 Å². The highest BCUT2D eigenvalue weighted by Crippen LogP contribution is 2.25. The van der Waals surface area contributed by atoms with Crippen LogP contribution in [0.4, 0.5) is 9.57 Å². The summed E-state index contributed by atoms with van der Waals surface area (Å²) < 4.78 is 34.0. The Hall–Kier alpha value is -2.28. The fraction of sp³-hybridized carbons (Fsp3) is 0. The second-order valence-corrected chi connectivity index (χ2v) is 5.12.